The van der Waals surface area contributed by atoms with E-state index in [9.17, 15) is 13.2 Å². The fourth-order valence-corrected chi connectivity index (χ4v) is 5.67. The molecule has 1 fully saturated rings. The number of aromatic nitrogens is 1. The van der Waals surface area contributed by atoms with Crippen LogP contribution in [0.15, 0.2) is 57.9 Å². The van der Waals surface area contributed by atoms with Crippen molar-refractivity contribution in [2.24, 2.45) is 0 Å². The van der Waals surface area contributed by atoms with E-state index in [1.807, 2.05) is 25.1 Å². The van der Waals surface area contributed by atoms with E-state index in [1.54, 1.807) is 6.07 Å². The molecular weight excluding hydrogens is 444 g/mol. The number of ether oxygens (including phenoxy) is 2. The molecule has 0 aliphatic carbocycles. The Morgan fingerprint density at radius 1 is 1.12 bits per heavy atom. The SMILES string of the molecule is CC1Cc2cc(-c3cc(COC(=O)c4ccc(S(=O)(=O)N5CCCC5)cc4)no3)ccc2O1. The summed E-state index contributed by atoms with van der Waals surface area (Å²) in [6, 6.07) is 13.4. The van der Waals surface area contributed by atoms with Gasteiger partial charge in [-0.1, -0.05) is 5.16 Å². The number of fused-ring (bicyclic) bond motifs is 1. The topological polar surface area (TPSA) is 98.9 Å². The average molecular weight is 469 g/mol. The molecule has 1 aromatic heterocycles. The number of benzene rings is 2. The van der Waals surface area contributed by atoms with Crippen molar-refractivity contribution in [3.63, 3.8) is 0 Å². The van der Waals surface area contributed by atoms with Crippen LogP contribution in [0.4, 0.5) is 0 Å². The Morgan fingerprint density at radius 3 is 2.64 bits per heavy atom. The van der Waals surface area contributed by atoms with Gasteiger partial charge in [-0.15, -0.1) is 0 Å². The third-order valence-electron chi connectivity index (χ3n) is 5.88. The smallest absolute Gasteiger partial charge is 0.338 e. The molecule has 0 radical (unpaired) electrons. The van der Waals surface area contributed by atoms with Gasteiger partial charge >= 0.3 is 5.97 Å². The second-order valence-electron chi connectivity index (χ2n) is 8.35. The zero-order valence-corrected chi connectivity index (χ0v) is 19.0. The Kier molecular flexibility index (Phi) is 5.67. The number of hydrogen-bond donors (Lipinski definition) is 0. The van der Waals surface area contributed by atoms with Crippen molar-refractivity contribution in [1.29, 1.82) is 0 Å². The van der Waals surface area contributed by atoms with Crippen LogP contribution < -0.4 is 4.74 Å². The zero-order chi connectivity index (χ0) is 23.0. The molecule has 0 saturated carbocycles. The van der Waals surface area contributed by atoms with E-state index < -0.39 is 16.0 Å². The monoisotopic (exact) mass is 468 g/mol. The van der Waals surface area contributed by atoms with E-state index in [2.05, 4.69) is 5.16 Å². The minimum Gasteiger partial charge on any atom is -0.490 e. The Labute approximate surface area is 192 Å². The second-order valence-corrected chi connectivity index (χ2v) is 10.3. The molecule has 3 heterocycles. The Bertz CT molecular complexity index is 1280. The molecule has 33 heavy (non-hydrogen) atoms. The Hall–Kier alpha value is -3.17. The highest BCUT2D eigenvalue weighted by Crippen LogP contribution is 2.33. The number of nitrogens with zero attached hydrogens (tertiary/aromatic N) is 2. The van der Waals surface area contributed by atoms with Crippen molar-refractivity contribution >= 4 is 16.0 Å². The van der Waals surface area contributed by atoms with Crippen LogP contribution in [-0.4, -0.2) is 43.0 Å². The summed E-state index contributed by atoms with van der Waals surface area (Å²) in [4.78, 5) is 12.6. The molecule has 172 valence electrons. The minimum atomic E-state index is -3.52. The third-order valence-corrected chi connectivity index (χ3v) is 7.80. The first-order valence-electron chi connectivity index (χ1n) is 10.9. The first-order valence-corrected chi connectivity index (χ1v) is 12.4. The van der Waals surface area contributed by atoms with Crippen LogP contribution >= 0.6 is 0 Å². The lowest BCUT2D eigenvalue weighted by molar-refractivity contribution is 0.0464. The van der Waals surface area contributed by atoms with Crippen molar-refractivity contribution in [1.82, 2.24) is 9.46 Å². The fraction of sp³-hybridized carbons (Fsp3) is 0.333. The van der Waals surface area contributed by atoms with Gasteiger partial charge in [-0.25, -0.2) is 13.2 Å². The summed E-state index contributed by atoms with van der Waals surface area (Å²) in [5.41, 5.74) is 2.76. The van der Waals surface area contributed by atoms with Gasteiger partial charge in [0.2, 0.25) is 10.0 Å². The predicted octanol–water partition coefficient (Wildman–Crippen LogP) is 3.81. The minimum absolute atomic E-state index is 0.0543. The molecule has 1 saturated heterocycles. The molecule has 1 atom stereocenters. The van der Waals surface area contributed by atoms with Crippen molar-refractivity contribution in [2.45, 2.75) is 43.8 Å². The summed E-state index contributed by atoms with van der Waals surface area (Å²) in [6.45, 7) is 3.04. The van der Waals surface area contributed by atoms with Crippen LogP contribution in [0.3, 0.4) is 0 Å². The van der Waals surface area contributed by atoms with Crippen molar-refractivity contribution in [2.75, 3.05) is 13.1 Å². The molecule has 8 nitrogen and oxygen atoms in total. The largest absolute Gasteiger partial charge is 0.490 e. The number of esters is 1. The highest BCUT2D eigenvalue weighted by atomic mass is 32.2. The first-order chi connectivity index (χ1) is 15.9. The van der Waals surface area contributed by atoms with Crippen LogP contribution in [0, 0.1) is 0 Å². The summed E-state index contributed by atoms with van der Waals surface area (Å²) in [6.07, 6.45) is 2.75. The second kappa shape index (κ2) is 8.64. The first kappa shape index (κ1) is 21.7. The van der Waals surface area contributed by atoms with E-state index in [0.29, 0.717) is 24.5 Å². The molecule has 5 rings (SSSR count). The quantitative estimate of drug-likeness (QED) is 0.507. The molecule has 0 amide bonds. The molecule has 2 aliphatic rings. The Morgan fingerprint density at radius 2 is 1.88 bits per heavy atom. The summed E-state index contributed by atoms with van der Waals surface area (Å²) in [5.74, 6) is 0.910. The maximum Gasteiger partial charge on any atom is 0.338 e. The average Bonchev–Trinajstić information content (AvgIpc) is 3.57. The summed E-state index contributed by atoms with van der Waals surface area (Å²) < 4.78 is 43.2. The van der Waals surface area contributed by atoms with Crippen molar-refractivity contribution < 1.29 is 27.2 Å². The van der Waals surface area contributed by atoms with E-state index in [1.165, 1.54) is 28.6 Å². The Balaban J connectivity index is 1.21. The van der Waals surface area contributed by atoms with Gasteiger partial charge in [-0.05, 0) is 67.8 Å². The van der Waals surface area contributed by atoms with E-state index in [0.717, 1.165) is 36.1 Å². The van der Waals surface area contributed by atoms with Gasteiger partial charge in [-0.2, -0.15) is 4.31 Å². The molecule has 0 spiro atoms. The lowest BCUT2D eigenvalue weighted by Gasteiger charge is -2.15. The standard InChI is InChI=1S/C24H24N2O6S/c1-16-12-19-13-18(6-9-22(19)31-16)23-14-20(25-32-23)15-30-24(27)17-4-7-21(8-5-17)33(28,29)26-10-2-3-11-26/h4-9,13-14,16H,2-3,10-12,15H2,1H3. The molecule has 3 aromatic rings. The highest BCUT2D eigenvalue weighted by molar-refractivity contribution is 7.89. The van der Waals surface area contributed by atoms with Crippen LogP contribution in [0.5, 0.6) is 5.75 Å². The lowest BCUT2D eigenvalue weighted by Crippen LogP contribution is -2.27. The van der Waals surface area contributed by atoms with Gasteiger partial charge in [0.05, 0.1) is 10.5 Å². The van der Waals surface area contributed by atoms with E-state index >= 15 is 0 Å². The van der Waals surface area contributed by atoms with Gasteiger partial charge in [0.1, 0.15) is 24.2 Å². The maximum atomic E-state index is 12.6. The highest BCUT2D eigenvalue weighted by Gasteiger charge is 2.27. The number of carbonyl (C=O) groups is 1. The molecular formula is C24H24N2O6S. The molecule has 2 aliphatic heterocycles. The van der Waals surface area contributed by atoms with Crippen LogP contribution in [0.1, 0.15) is 41.4 Å². The van der Waals surface area contributed by atoms with Gasteiger partial charge in [-0.3, -0.25) is 0 Å². The summed E-state index contributed by atoms with van der Waals surface area (Å²) in [5, 5.41) is 3.99. The predicted molar refractivity (Wildman–Crippen MR) is 119 cm³/mol. The zero-order valence-electron chi connectivity index (χ0n) is 18.2. The van der Waals surface area contributed by atoms with E-state index in [-0.39, 0.29) is 23.2 Å². The number of sulfonamides is 1. The van der Waals surface area contributed by atoms with Crippen molar-refractivity contribution in [3.8, 4) is 17.1 Å². The normalized spacial score (nSPS) is 18.2. The number of rotatable bonds is 6. The van der Waals surface area contributed by atoms with Crippen molar-refractivity contribution in [3.05, 3.63) is 65.4 Å². The molecule has 9 heteroatoms. The molecule has 0 bridgehead atoms. The molecule has 1 unspecified atom stereocenters. The van der Waals surface area contributed by atoms with Gasteiger partial charge in [0.25, 0.3) is 0 Å². The van der Waals surface area contributed by atoms with Crippen LogP contribution in [0.25, 0.3) is 11.3 Å². The molecule has 0 N–H and O–H groups in total. The fourth-order valence-electron chi connectivity index (χ4n) is 4.15. The van der Waals surface area contributed by atoms with Crippen LogP contribution in [0.2, 0.25) is 0 Å². The lowest BCUT2D eigenvalue weighted by atomic mass is 10.1. The third kappa shape index (κ3) is 4.38. The van der Waals surface area contributed by atoms with Crippen LogP contribution in [-0.2, 0) is 27.8 Å². The van der Waals surface area contributed by atoms with Gasteiger partial charge in [0.15, 0.2) is 5.76 Å². The number of hydrogen-bond acceptors (Lipinski definition) is 7. The summed E-state index contributed by atoms with van der Waals surface area (Å²) in [7, 11) is -3.52. The van der Waals surface area contributed by atoms with Gasteiger partial charge in [0, 0.05) is 31.1 Å². The number of carbonyl (C=O) groups excluding carboxylic acids is 1. The van der Waals surface area contributed by atoms with Gasteiger partial charge < -0.3 is 14.0 Å². The van der Waals surface area contributed by atoms with E-state index in [4.69, 9.17) is 14.0 Å². The molecule has 2 aromatic carbocycles. The maximum absolute atomic E-state index is 12.6. The summed E-state index contributed by atoms with van der Waals surface area (Å²) >= 11 is 0.